The van der Waals surface area contributed by atoms with Crippen LogP contribution in [0.5, 0.6) is 0 Å². The Bertz CT molecular complexity index is 874. The highest BCUT2D eigenvalue weighted by atomic mass is 16.6. The molecule has 0 aromatic carbocycles. The largest absolute Gasteiger partial charge is 0.462 e. The minimum absolute atomic E-state index is 0.0645. The first-order chi connectivity index (χ1) is 27.8. The van der Waals surface area contributed by atoms with E-state index in [4.69, 9.17) is 14.2 Å². The van der Waals surface area contributed by atoms with Gasteiger partial charge < -0.3 is 14.2 Å². The molecule has 0 rings (SSSR count). The van der Waals surface area contributed by atoms with Crippen LogP contribution in [0.1, 0.15) is 279 Å². The first-order valence-electron chi connectivity index (χ1n) is 25.3. The number of carbonyl (C=O) groups excluding carboxylic acids is 3. The second-order valence-electron chi connectivity index (χ2n) is 17.9. The summed E-state index contributed by atoms with van der Waals surface area (Å²) in [6.45, 7) is 11.4. The normalized spacial score (nSPS) is 13.0. The van der Waals surface area contributed by atoms with Gasteiger partial charge in [-0.15, -0.1) is 0 Å². The molecule has 6 nitrogen and oxygen atoms in total. The van der Waals surface area contributed by atoms with E-state index < -0.39 is 6.10 Å². The van der Waals surface area contributed by atoms with E-state index in [9.17, 15) is 14.4 Å². The van der Waals surface area contributed by atoms with Gasteiger partial charge in [0.1, 0.15) is 13.2 Å². The van der Waals surface area contributed by atoms with Crippen molar-refractivity contribution in [2.24, 2.45) is 11.8 Å². The standard InChI is InChI=1S/C51H98O6/c1-6-9-10-11-24-33-38-43-51(54)57-48(45-56-50(53)42-37-32-28-23-19-18-21-26-30-35-40-47(5)8-3)44-55-49(52)41-36-31-27-22-17-15-13-12-14-16-20-25-29-34-39-46(4)7-2/h46-48H,6-45H2,1-5H3/t46?,47?,48-/m0/s1. The van der Waals surface area contributed by atoms with Crippen molar-refractivity contribution in [3.8, 4) is 0 Å². The topological polar surface area (TPSA) is 78.9 Å². The zero-order valence-corrected chi connectivity index (χ0v) is 39.0. The maximum Gasteiger partial charge on any atom is 0.306 e. The Morgan fingerprint density at radius 3 is 0.912 bits per heavy atom. The number of esters is 3. The summed E-state index contributed by atoms with van der Waals surface area (Å²) >= 11 is 0. The van der Waals surface area contributed by atoms with Crippen molar-refractivity contribution in [3.63, 3.8) is 0 Å². The molecule has 0 saturated heterocycles. The van der Waals surface area contributed by atoms with Gasteiger partial charge in [0.15, 0.2) is 6.10 Å². The van der Waals surface area contributed by atoms with Crippen LogP contribution in [0.3, 0.4) is 0 Å². The molecule has 2 unspecified atom stereocenters. The van der Waals surface area contributed by atoms with Crippen molar-refractivity contribution in [2.75, 3.05) is 13.2 Å². The predicted octanol–water partition coefficient (Wildman–Crippen LogP) is 16.1. The van der Waals surface area contributed by atoms with Crippen LogP contribution < -0.4 is 0 Å². The fourth-order valence-corrected chi connectivity index (χ4v) is 7.57. The lowest BCUT2D eigenvalue weighted by atomic mass is 9.99. The summed E-state index contributed by atoms with van der Waals surface area (Å²) in [6.07, 6.45) is 43.7. The zero-order valence-electron chi connectivity index (χ0n) is 39.0. The third-order valence-electron chi connectivity index (χ3n) is 12.2. The summed E-state index contributed by atoms with van der Waals surface area (Å²) in [4.78, 5) is 37.7. The number of hydrogen-bond acceptors (Lipinski definition) is 6. The van der Waals surface area contributed by atoms with E-state index in [0.717, 1.165) is 69.6 Å². The van der Waals surface area contributed by atoms with Crippen molar-refractivity contribution >= 4 is 17.9 Å². The Hall–Kier alpha value is -1.59. The van der Waals surface area contributed by atoms with Gasteiger partial charge in [-0.2, -0.15) is 0 Å². The molecule has 3 atom stereocenters. The van der Waals surface area contributed by atoms with E-state index in [-0.39, 0.29) is 31.1 Å². The Kier molecular flexibility index (Phi) is 42.7. The molecular formula is C51H98O6. The first kappa shape index (κ1) is 55.4. The van der Waals surface area contributed by atoms with Gasteiger partial charge >= 0.3 is 17.9 Å². The van der Waals surface area contributed by atoms with Crippen LogP contribution in [0.2, 0.25) is 0 Å². The van der Waals surface area contributed by atoms with Crippen LogP contribution in [0.25, 0.3) is 0 Å². The van der Waals surface area contributed by atoms with E-state index in [1.54, 1.807) is 0 Å². The summed E-state index contributed by atoms with van der Waals surface area (Å²) in [5.74, 6) is 0.909. The lowest BCUT2D eigenvalue weighted by molar-refractivity contribution is -0.167. The quantitative estimate of drug-likeness (QED) is 0.0346. The fourth-order valence-electron chi connectivity index (χ4n) is 7.57. The van der Waals surface area contributed by atoms with Crippen molar-refractivity contribution < 1.29 is 28.6 Å². The molecule has 0 radical (unpaired) electrons. The molecule has 0 aromatic heterocycles. The van der Waals surface area contributed by atoms with Crippen LogP contribution in [-0.4, -0.2) is 37.2 Å². The Labute approximate surface area is 355 Å². The molecule has 57 heavy (non-hydrogen) atoms. The Morgan fingerprint density at radius 2 is 0.614 bits per heavy atom. The summed E-state index contributed by atoms with van der Waals surface area (Å²) < 4.78 is 16.7. The number of carbonyl (C=O) groups is 3. The maximum atomic E-state index is 12.6. The molecule has 0 aliphatic carbocycles. The third kappa shape index (κ3) is 42.3. The predicted molar refractivity (Wildman–Crippen MR) is 243 cm³/mol. The highest BCUT2D eigenvalue weighted by Gasteiger charge is 2.19. The van der Waals surface area contributed by atoms with Crippen molar-refractivity contribution in [2.45, 2.75) is 285 Å². The Morgan fingerprint density at radius 1 is 0.351 bits per heavy atom. The first-order valence-corrected chi connectivity index (χ1v) is 25.3. The molecule has 0 aliphatic rings. The average Bonchev–Trinajstić information content (AvgIpc) is 3.21. The summed E-state index contributed by atoms with van der Waals surface area (Å²) in [5.41, 5.74) is 0. The van der Waals surface area contributed by atoms with Crippen LogP contribution in [0.15, 0.2) is 0 Å². The lowest BCUT2D eigenvalue weighted by Crippen LogP contribution is -2.30. The SMILES string of the molecule is CCCCCCCCCC(=O)O[C@@H](COC(=O)CCCCCCCCCCCCCCCCC(C)CC)COC(=O)CCCCCCCCCCCCC(C)CC. The van der Waals surface area contributed by atoms with Crippen LogP contribution >= 0.6 is 0 Å². The molecule has 0 heterocycles. The van der Waals surface area contributed by atoms with Crippen molar-refractivity contribution in [3.05, 3.63) is 0 Å². The van der Waals surface area contributed by atoms with E-state index in [1.165, 1.54) is 167 Å². The van der Waals surface area contributed by atoms with Gasteiger partial charge in [0, 0.05) is 19.3 Å². The third-order valence-corrected chi connectivity index (χ3v) is 12.2. The van der Waals surface area contributed by atoms with E-state index in [2.05, 4.69) is 34.6 Å². The molecular weight excluding hydrogens is 709 g/mol. The van der Waals surface area contributed by atoms with E-state index >= 15 is 0 Å². The van der Waals surface area contributed by atoms with E-state index in [0.29, 0.717) is 19.3 Å². The van der Waals surface area contributed by atoms with Gasteiger partial charge in [0.25, 0.3) is 0 Å². The molecule has 0 N–H and O–H groups in total. The highest BCUT2D eigenvalue weighted by molar-refractivity contribution is 5.71. The highest BCUT2D eigenvalue weighted by Crippen LogP contribution is 2.18. The van der Waals surface area contributed by atoms with E-state index in [1.807, 2.05) is 0 Å². The fraction of sp³-hybridized carbons (Fsp3) is 0.941. The second kappa shape index (κ2) is 44.0. The molecule has 0 saturated carbocycles. The van der Waals surface area contributed by atoms with Gasteiger partial charge in [-0.25, -0.2) is 0 Å². The molecule has 0 aromatic rings. The Balaban J connectivity index is 4.18. The van der Waals surface area contributed by atoms with Crippen LogP contribution in [0.4, 0.5) is 0 Å². The molecule has 0 bridgehead atoms. The smallest absolute Gasteiger partial charge is 0.306 e. The minimum Gasteiger partial charge on any atom is -0.462 e. The number of hydrogen-bond donors (Lipinski definition) is 0. The monoisotopic (exact) mass is 807 g/mol. The molecule has 0 spiro atoms. The zero-order chi connectivity index (χ0) is 41.9. The molecule has 0 aliphatic heterocycles. The number of rotatable bonds is 45. The molecule has 0 fully saturated rings. The molecule has 338 valence electrons. The van der Waals surface area contributed by atoms with Crippen molar-refractivity contribution in [1.82, 2.24) is 0 Å². The minimum atomic E-state index is -0.760. The molecule has 6 heteroatoms. The number of ether oxygens (including phenoxy) is 3. The summed E-state index contributed by atoms with van der Waals surface area (Å²) in [6, 6.07) is 0. The number of unbranched alkanes of at least 4 members (excludes halogenated alkanes) is 28. The average molecular weight is 807 g/mol. The van der Waals surface area contributed by atoms with Gasteiger partial charge in [0.2, 0.25) is 0 Å². The van der Waals surface area contributed by atoms with Crippen LogP contribution in [0, 0.1) is 11.8 Å². The van der Waals surface area contributed by atoms with Gasteiger partial charge in [0.05, 0.1) is 0 Å². The molecule has 0 amide bonds. The van der Waals surface area contributed by atoms with Gasteiger partial charge in [-0.05, 0) is 31.1 Å². The maximum absolute atomic E-state index is 12.6. The van der Waals surface area contributed by atoms with Gasteiger partial charge in [-0.1, -0.05) is 240 Å². The van der Waals surface area contributed by atoms with Crippen LogP contribution in [-0.2, 0) is 28.6 Å². The summed E-state index contributed by atoms with van der Waals surface area (Å²) in [5, 5.41) is 0. The second-order valence-corrected chi connectivity index (χ2v) is 17.9. The van der Waals surface area contributed by atoms with Crippen molar-refractivity contribution in [1.29, 1.82) is 0 Å². The summed E-state index contributed by atoms with van der Waals surface area (Å²) in [7, 11) is 0. The van der Waals surface area contributed by atoms with Gasteiger partial charge in [-0.3, -0.25) is 14.4 Å². The lowest BCUT2D eigenvalue weighted by Gasteiger charge is -2.18.